The number of aliphatic hydroxyl groups is 1. The lowest BCUT2D eigenvalue weighted by molar-refractivity contribution is -0.140. The van der Waals surface area contributed by atoms with Crippen LogP contribution in [0.4, 0.5) is 0 Å². The Hall–Kier alpha value is -3.12. The molecule has 6 heteroatoms. The number of hydrogen-bond donors (Lipinski definition) is 1. The number of aliphatic hydroxyl groups excluding tert-OH is 1. The van der Waals surface area contributed by atoms with Crippen LogP contribution in [-0.4, -0.2) is 49.1 Å². The van der Waals surface area contributed by atoms with Crippen LogP contribution in [0.25, 0.3) is 5.76 Å². The standard InChI is InChI=1S/C26H31NO5/c1-15(2)19-14-20(17(4)13-21(19)32-6)24(28)22-23(18-10-8-7-9-16(18)3)27(11-12-31-5)26(30)25(22)29/h7-10,13-15,23,28H,11-12H2,1-6H3/b24-22+. The molecule has 170 valence electrons. The summed E-state index contributed by atoms with van der Waals surface area (Å²) in [6, 6.07) is 10.6. The molecule has 0 aromatic heterocycles. The molecule has 1 unspecified atom stereocenters. The lowest BCUT2D eigenvalue weighted by Gasteiger charge is -2.26. The number of hydrogen-bond acceptors (Lipinski definition) is 5. The molecule has 1 N–H and O–H groups in total. The molecule has 0 saturated carbocycles. The molecule has 3 rings (SSSR count). The number of amides is 1. The van der Waals surface area contributed by atoms with Crippen LogP contribution in [0.1, 0.15) is 53.6 Å². The van der Waals surface area contributed by atoms with Crippen molar-refractivity contribution in [1.82, 2.24) is 4.90 Å². The zero-order chi connectivity index (χ0) is 23.6. The molecule has 1 amide bonds. The number of carbonyl (C=O) groups excluding carboxylic acids is 2. The maximum Gasteiger partial charge on any atom is 0.295 e. The van der Waals surface area contributed by atoms with Gasteiger partial charge < -0.3 is 19.5 Å². The van der Waals surface area contributed by atoms with Gasteiger partial charge in [0.25, 0.3) is 11.7 Å². The highest BCUT2D eigenvalue weighted by Crippen LogP contribution is 2.42. The Bertz CT molecular complexity index is 1070. The van der Waals surface area contributed by atoms with Crippen LogP contribution < -0.4 is 4.74 Å². The van der Waals surface area contributed by atoms with E-state index < -0.39 is 17.7 Å². The lowest BCUT2D eigenvalue weighted by atomic mass is 9.90. The summed E-state index contributed by atoms with van der Waals surface area (Å²) in [5.41, 5.74) is 4.04. The quantitative estimate of drug-likeness (QED) is 0.392. The second kappa shape index (κ2) is 9.57. The summed E-state index contributed by atoms with van der Waals surface area (Å²) in [5, 5.41) is 11.4. The zero-order valence-corrected chi connectivity index (χ0v) is 19.6. The first-order chi connectivity index (χ1) is 15.2. The monoisotopic (exact) mass is 437 g/mol. The minimum atomic E-state index is -0.687. The molecular formula is C26H31NO5. The Morgan fingerprint density at radius 1 is 1.09 bits per heavy atom. The van der Waals surface area contributed by atoms with Gasteiger partial charge in [-0.3, -0.25) is 9.59 Å². The molecule has 2 aromatic rings. The molecule has 0 spiro atoms. The van der Waals surface area contributed by atoms with E-state index in [1.54, 1.807) is 14.2 Å². The summed E-state index contributed by atoms with van der Waals surface area (Å²) >= 11 is 0. The van der Waals surface area contributed by atoms with Crippen molar-refractivity contribution in [2.75, 3.05) is 27.4 Å². The molecule has 0 radical (unpaired) electrons. The molecule has 0 aliphatic carbocycles. The predicted molar refractivity (Wildman–Crippen MR) is 124 cm³/mol. The maximum atomic E-state index is 13.2. The van der Waals surface area contributed by atoms with E-state index in [0.717, 1.165) is 28.0 Å². The average Bonchev–Trinajstić information content (AvgIpc) is 3.01. The summed E-state index contributed by atoms with van der Waals surface area (Å²) in [6.07, 6.45) is 0. The van der Waals surface area contributed by atoms with E-state index in [9.17, 15) is 14.7 Å². The van der Waals surface area contributed by atoms with Gasteiger partial charge >= 0.3 is 0 Å². The summed E-state index contributed by atoms with van der Waals surface area (Å²) in [7, 11) is 3.16. The second-order valence-electron chi connectivity index (χ2n) is 8.41. The molecule has 1 heterocycles. The van der Waals surface area contributed by atoms with Gasteiger partial charge in [-0.25, -0.2) is 0 Å². The maximum absolute atomic E-state index is 13.2. The zero-order valence-electron chi connectivity index (χ0n) is 19.6. The third kappa shape index (κ3) is 4.15. The van der Waals surface area contributed by atoms with Crippen LogP contribution in [0, 0.1) is 13.8 Å². The molecule has 1 fully saturated rings. The fourth-order valence-electron chi connectivity index (χ4n) is 4.24. The Kier molecular flexibility index (Phi) is 7.04. The largest absolute Gasteiger partial charge is 0.507 e. The Morgan fingerprint density at radius 3 is 2.38 bits per heavy atom. The smallest absolute Gasteiger partial charge is 0.295 e. The predicted octanol–water partition coefficient (Wildman–Crippen LogP) is 4.50. The van der Waals surface area contributed by atoms with E-state index in [-0.39, 0.29) is 30.4 Å². The third-order valence-corrected chi connectivity index (χ3v) is 6.01. The van der Waals surface area contributed by atoms with Crippen molar-refractivity contribution in [3.63, 3.8) is 0 Å². The van der Waals surface area contributed by atoms with Crippen LogP contribution in [0.15, 0.2) is 42.0 Å². The van der Waals surface area contributed by atoms with E-state index in [1.165, 1.54) is 4.90 Å². The van der Waals surface area contributed by atoms with Gasteiger partial charge in [-0.05, 0) is 54.2 Å². The van der Waals surface area contributed by atoms with Gasteiger partial charge in [0.15, 0.2) is 0 Å². The molecule has 1 aliphatic rings. The van der Waals surface area contributed by atoms with Crippen molar-refractivity contribution in [3.05, 3.63) is 69.8 Å². The Labute approximate surface area is 189 Å². The number of aryl methyl sites for hydroxylation is 2. The van der Waals surface area contributed by atoms with Gasteiger partial charge in [-0.2, -0.15) is 0 Å². The molecular weight excluding hydrogens is 406 g/mol. The van der Waals surface area contributed by atoms with Crippen molar-refractivity contribution in [2.24, 2.45) is 0 Å². The number of likely N-dealkylation sites (tertiary alicyclic amines) is 1. The highest BCUT2D eigenvalue weighted by Gasteiger charge is 2.46. The van der Waals surface area contributed by atoms with Crippen LogP contribution in [0.3, 0.4) is 0 Å². The molecule has 0 bridgehead atoms. The summed E-state index contributed by atoms with van der Waals surface area (Å²) in [4.78, 5) is 27.6. The second-order valence-corrected chi connectivity index (χ2v) is 8.41. The van der Waals surface area contributed by atoms with Crippen LogP contribution in [-0.2, 0) is 14.3 Å². The SMILES string of the molecule is COCCN1C(=O)C(=O)/C(=C(/O)c2cc(C(C)C)c(OC)cc2C)C1c1ccccc1C. The average molecular weight is 438 g/mol. The minimum absolute atomic E-state index is 0.100. The number of methoxy groups -OCH3 is 2. The van der Waals surface area contributed by atoms with E-state index in [4.69, 9.17) is 9.47 Å². The Morgan fingerprint density at radius 2 is 1.78 bits per heavy atom. The highest BCUT2D eigenvalue weighted by molar-refractivity contribution is 6.46. The lowest BCUT2D eigenvalue weighted by Crippen LogP contribution is -2.33. The molecule has 1 aliphatic heterocycles. The molecule has 32 heavy (non-hydrogen) atoms. The fourth-order valence-corrected chi connectivity index (χ4v) is 4.24. The van der Waals surface area contributed by atoms with Gasteiger partial charge in [0.2, 0.25) is 0 Å². The number of ketones is 1. The fraction of sp³-hybridized carbons (Fsp3) is 0.385. The number of carbonyl (C=O) groups is 2. The van der Waals surface area contributed by atoms with Gasteiger partial charge in [-0.1, -0.05) is 38.1 Å². The van der Waals surface area contributed by atoms with Crippen molar-refractivity contribution in [1.29, 1.82) is 0 Å². The number of Topliss-reactive ketones (excluding diaryl/α,β-unsaturated/α-hetero) is 1. The Balaban J connectivity index is 2.27. The molecule has 1 atom stereocenters. The van der Waals surface area contributed by atoms with Crippen molar-refractivity contribution >= 4 is 17.4 Å². The van der Waals surface area contributed by atoms with Gasteiger partial charge in [-0.15, -0.1) is 0 Å². The topological polar surface area (TPSA) is 76.1 Å². The van der Waals surface area contributed by atoms with E-state index in [2.05, 4.69) is 0 Å². The van der Waals surface area contributed by atoms with Crippen molar-refractivity contribution in [2.45, 2.75) is 39.7 Å². The first-order valence-corrected chi connectivity index (χ1v) is 10.7. The minimum Gasteiger partial charge on any atom is -0.507 e. The normalized spacial score (nSPS) is 18.0. The van der Waals surface area contributed by atoms with E-state index >= 15 is 0 Å². The molecule has 6 nitrogen and oxygen atoms in total. The van der Waals surface area contributed by atoms with Crippen LogP contribution >= 0.6 is 0 Å². The van der Waals surface area contributed by atoms with Crippen molar-refractivity contribution in [3.8, 4) is 5.75 Å². The summed E-state index contributed by atoms with van der Waals surface area (Å²) in [6.45, 7) is 8.39. The van der Waals surface area contributed by atoms with Crippen LogP contribution in [0.2, 0.25) is 0 Å². The van der Waals surface area contributed by atoms with Crippen molar-refractivity contribution < 1.29 is 24.2 Å². The number of rotatable bonds is 7. The number of ether oxygens (including phenoxy) is 2. The first-order valence-electron chi connectivity index (χ1n) is 10.7. The van der Waals surface area contributed by atoms with Crippen LogP contribution in [0.5, 0.6) is 5.75 Å². The van der Waals surface area contributed by atoms with E-state index in [1.807, 2.05) is 64.1 Å². The third-order valence-electron chi connectivity index (χ3n) is 6.01. The van der Waals surface area contributed by atoms with Gasteiger partial charge in [0.05, 0.1) is 25.3 Å². The number of benzene rings is 2. The molecule has 1 saturated heterocycles. The molecule has 2 aromatic carbocycles. The summed E-state index contributed by atoms with van der Waals surface area (Å²) < 4.78 is 10.7. The van der Waals surface area contributed by atoms with E-state index in [0.29, 0.717) is 5.56 Å². The highest BCUT2D eigenvalue weighted by atomic mass is 16.5. The van der Waals surface area contributed by atoms with Gasteiger partial charge in [0, 0.05) is 19.2 Å². The van der Waals surface area contributed by atoms with Gasteiger partial charge in [0.1, 0.15) is 11.5 Å². The number of nitrogens with zero attached hydrogens (tertiary/aromatic N) is 1. The summed E-state index contributed by atoms with van der Waals surface area (Å²) in [5.74, 6) is -0.614. The first kappa shape index (κ1) is 23.5.